The first-order valence-electron chi connectivity index (χ1n) is 5.26. The molecule has 0 bridgehead atoms. The van der Waals surface area contributed by atoms with E-state index in [1.54, 1.807) is 0 Å². The third-order valence-electron chi connectivity index (χ3n) is 2.66. The van der Waals surface area contributed by atoms with Gasteiger partial charge in [0.2, 0.25) is 5.82 Å². The van der Waals surface area contributed by atoms with Crippen molar-refractivity contribution in [2.24, 2.45) is 0 Å². The Bertz CT molecular complexity index is 451. The summed E-state index contributed by atoms with van der Waals surface area (Å²) < 4.78 is 0. The predicted octanol–water partition coefficient (Wildman–Crippen LogP) is -0.343. The number of hydrogen-bond donors (Lipinski definition) is 4. The molecule has 1 rings (SSSR count). The van der Waals surface area contributed by atoms with Crippen molar-refractivity contribution in [3.8, 4) is 0 Å². The summed E-state index contributed by atoms with van der Waals surface area (Å²) in [5.74, 6) is -0.245. The monoisotopic (exact) mass is 257 g/mol. The number of nitrogens with zero attached hydrogens (tertiary/aromatic N) is 2. The number of aliphatic hydroxyl groups excluding tert-OH is 3. The minimum absolute atomic E-state index is 0.0429. The fraction of sp³-hybridized carbons (Fsp3) is 0.500. The van der Waals surface area contributed by atoms with Gasteiger partial charge < -0.3 is 21.1 Å². The van der Waals surface area contributed by atoms with E-state index in [1.807, 2.05) is 0 Å². The topological polar surface area (TPSA) is 143 Å². The van der Waals surface area contributed by atoms with Crippen molar-refractivity contribution < 1.29 is 20.2 Å². The molecule has 18 heavy (non-hydrogen) atoms. The van der Waals surface area contributed by atoms with Crippen molar-refractivity contribution in [3.05, 3.63) is 27.4 Å². The SMILES string of the molecule is Cc1c(C(O)C(O)CCO)cnc(N)c1[N+](=O)[O-]. The van der Waals surface area contributed by atoms with Gasteiger partial charge in [-0.25, -0.2) is 4.98 Å². The molecular weight excluding hydrogens is 242 g/mol. The molecule has 0 fully saturated rings. The molecule has 5 N–H and O–H groups in total. The Hall–Kier alpha value is -1.77. The van der Waals surface area contributed by atoms with Gasteiger partial charge in [0.25, 0.3) is 0 Å². The van der Waals surface area contributed by atoms with Crippen LogP contribution in [-0.4, -0.2) is 37.9 Å². The van der Waals surface area contributed by atoms with Crippen LogP contribution in [-0.2, 0) is 0 Å². The van der Waals surface area contributed by atoms with Crippen molar-refractivity contribution in [1.29, 1.82) is 0 Å². The Morgan fingerprint density at radius 3 is 2.67 bits per heavy atom. The second-order valence-corrected chi connectivity index (χ2v) is 3.85. The maximum Gasteiger partial charge on any atom is 0.314 e. The lowest BCUT2D eigenvalue weighted by Crippen LogP contribution is -2.21. The highest BCUT2D eigenvalue weighted by atomic mass is 16.6. The fourth-order valence-corrected chi connectivity index (χ4v) is 1.65. The molecule has 0 aliphatic heterocycles. The summed E-state index contributed by atoms with van der Waals surface area (Å²) in [5.41, 5.74) is 5.27. The normalized spacial score (nSPS) is 14.2. The Morgan fingerprint density at radius 2 is 2.17 bits per heavy atom. The third-order valence-corrected chi connectivity index (χ3v) is 2.66. The number of nitrogens with two attached hydrogens (primary N) is 1. The molecule has 8 nitrogen and oxygen atoms in total. The fourth-order valence-electron chi connectivity index (χ4n) is 1.65. The molecule has 100 valence electrons. The van der Waals surface area contributed by atoms with Gasteiger partial charge in [-0.2, -0.15) is 0 Å². The molecular formula is C10H15N3O5. The number of pyridine rings is 1. The summed E-state index contributed by atoms with van der Waals surface area (Å²) in [6, 6.07) is 0. The summed E-state index contributed by atoms with van der Waals surface area (Å²) >= 11 is 0. The molecule has 0 spiro atoms. The molecule has 1 aromatic heterocycles. The lowest BCUT2D eigenvalue weighted by atomic mass is 9.99. The number of nitro groups is 1. The Kier molecular flexibility index (Phi) is 4.54. The number of aromatic nitrogens is 1. The van der Waals surface area contributed by atoms with Crippen molar-refractivity contribution in [2.45, 2.75) is 25.6 Å². The zero-order valence-corrected chi connectivity index (χ0v) is 9.78. The van der Waals surface area contributed by atoms with Gasteiger partial charge >= 0.3 is 5.69 Å². The van der Waals surface area contributed by atoms with Crippen LogP contribution in [0.5, 0.6) is 0 Å². The highest BCUT2D eigenvalue weighted by Gasteiger charge is 2.26. The summed E-state index contributed by atoms with van der Waals surface area (Å²) in [5, 5.41) is 38.9. The molecule has 0 radical (unpaired) electrons. The minimum atomic E-state index is -1.36. The van der Waals surface area contributed by atoms with Gasteiger partial charge in [-0.1, -0.05) is 0 Å². The van der Waals surface area contributed by atoms with Crippen LogP contribution in [0.3, 0.4) is 0 Å². The molecule has 0 aromatic carbocycles. The second kappa shape index (κ2) is 5.71. The van der Waals surface area contributed by atoms with E-state index in [0.29, 0.717) is 0 Å². The van der Waals surface area contributed by atoms with Gasteiger partial charge in [0.15, 0.2) is 0 Å². The molecule has 0 saturated heterocycles. The second-order valence-electron chi connectivity index (χ2n) is 3.85. The van der Waals surface area contributed by atoms with Gasteiger partial charge in [-0.15, -0.1) is 0 Å². The summed E-state index contributed by atoms with van der Waals surface area (Å²) in [4.78, 5) is 13.8. The van der Waals surface area contributed by atoms with E-state index in [2.05, 4.69) is 4.98 Å². The number of anilines is 1. The predicted molar refractivity (Wildman–Crippen MR) is 62.7 cm³/mol. The van der Waals surface area contributed by atoms with Crippen LogP contribution in [0.4, 0.5) is 11.5 Å². The molecule has 0 aliphatic rings. The molecule has 0 saturated carbocycles. The van der Waals surface area contributed by atoms with Crippen LogP contribution in [0.15, 0.2) is 6.20 Å². The van der Waals surface area contributed by atoms with E-state index in [4.69, 9.17) is 10.8 Å². The van der Waals surface area contributed by atoms with Gasteiger partial charge in [-0.05, 0) is 13.3 Å². The third kappa shape index (κ3) is 2.73. The molecule has 0 aliphatic carbocycles. The average molecular weight is 257 g/mol. The van der Waals surface area contributed by atoms with Gasteiger partial charge in [-0.3, -0.25) is 10.1 Å². The van der Waals surface area contributed by atoms with Crippen LogP contribution >= 0.6 is 0 Å². The molecule has 2 unspecified atom stereocenters. The van der Waals surface area contributed by atoms with Crippen molar-refractivity contribution in [1.82, 2.24) is 4.98 Å². The van der Waals surface area contributed by atoms with E-state index in [9.17, 15) is 20.3 Å². The van der Waals surface area contributed by atoms with Crippen LogP contribution in [0.1, 0.15) is 23.7 Å². The van der Waals surface area contributed by atoms with E-state index in [0.717, 1.165) is 0 Å². The first kappa shape index (κ1) is 14.3. The first-order chi connectivity index (χ1) is 8.40. The van der Waals surface area contributed by atoms with Crippen LogP contribution in [0, 0.1) is 17.0 Å². The largest absolute Gasteiger partial charge is 0.396 e. The molecule has 2 atom stereocenters. The first-order valence-corrected chi connectivity index (χ1v) is 5.26. The van der Waals surface area contributed by atoms with Crippen molar-refractivity contribution >= 4 is 11.5 Å². The van der Waals surface area contributed by atoms with Gasteiger partial charge in [0.05, 0.1) is 11.0 Å². The summed E-state index contributed by atoms with van der Waals surface area (Å²) in [7, 11) is 0. The highest BCUT2D eigenvalue weighted by Crippen LogP contribution is 2.31. The van der Waals surface area contributed by atoms with Gasteiger partial charge in [0, 0.05) is 23.9 Å². The molecule has 0 amide bonds. The standard InChI is InChI=1S/C10H15N3O5/c1-5-6(9(16)7(15)2-3-14)4-12-10(11)8(5)13(17)18/h4,7,9,14-16H,2-3H2,1H3,(H2,11,12). The number of nitrogen functional groups attached to an aromatic ring is 1. The van der Waals surface area contributed by atoms with Crippen LogP contribution in [0.25, 0.3) is 0 Å². The molecule has 1 heterocycles. The Labute approximate surface area is 103 Å². The zero-order valence-electron chi connectivity index (χ0n) is 9.78. The van der Waals surface area contributed by atoms with E-state index in [-0.39, 0.29) is 35.7 Å². The average Bonchev–Trinajstić information content (AvgIpc) is 2.28. The number of rotatable bonds is 5. The lowest BCUT2D eigenvalue weighted by Gasteiger charge is -2.18. The Balaban J connectivity index is 3.18. The minimum Gasteiger partial charge on any atom is -0.396 e. The summed E-state index contributed by atoms with van der Waals surface area (Å²) in [6.45, 7) is 1.11. The highest BCUT2D eigenvalue weighted by molar-refractivity contribution is 5.59. The maximum atomic E-state index is 10.8. The quantitative estimate of drug-likeness (QED) is 0.417. The summed E-state index contributed by atoms with van der Waals surface area (Å²) in [6.07, 6.45) is -1.44. The number of aliphatic hydroxyl groups is 3. The zero-order chi connectivity index (χ0) is 13.9. The van der Waals surface area contributed by atoms with E-state index in [1.165, 1.54) is 13.1 Å². The lowest BCUT2D eigenvalue weighted by molar-refractivity contribution is -0.384. The van der Waals surface area contributed by atoms with E-state index < -0.39 is 17.1 Å². The number of hydrogen-bond acceptors (Lipinski definition) is 7. The van der Waals surface area contributed by atoms with Crippen molar-refractivity contribution in [2.75, 3.05) is 12.3 Å². The maximum absolute atomic E-state index is 10.8. The van der Waals surface area contributed by atoms with Gasteiger partial charge in [0.1, 0.15) is 6.10 Å². The van der Waals surface area contributed by atoms with E-state index >= 15 is 0 Å². The molecule has 8 heteroatoms. The van der Waals surface area contributed by atoms with Crippen molar-refractivity contribution in [3.63, 3.8) is 0 Å². The van der Waals surface area contributed by atoms with Crippen LogP contribution < -0.4 is 5.73 Å². The smallest absolute Gasteiger partial charge is 0.314 e. The molecule has 1 aromatic rings. The Morgan fingerprint density at radius 1 is 1.56 bits per heavy atom. The van der Waals surface area contributed by atoms with Crippen LogP contribution in [0.2, 0.25) is 0 Å².